The van der Waals surface area contributed by atoms with Gasteiger partial charge in [0.25, 0.3) is 5.22 Å². The van der Waals surface area contributed by atoms with E-state index in [1.165, 1.54) is 6.08 Å². The molecule has 3 aromatic carbocycles. The van der Waals surface area contributed by atoms with Gasteiger partial charge in [0.1, 0.15) is 17.0 Å². The third-order valence-electron chi connectivity index (χ3n) is 4.65. The SMILES string of the molecule is CCOc1cc(/C=C(\Sc2nc3ccccc3o2)C(=O)O)ccc1OCc1ccc(Cl)cc1Cl. The Morgan fingerprint density at radius 3 is 2.65 bits per heavy atom. The van der Waals surface area contributed by atoms with Crippen molar-refractivity contribution in [1.29, 1.82) is 0 Å². The van der Waals surface area contributed by atoms with Crippen LogP contribution in [0.15, 0.2) is 75.2 Å². The molecule has 0 atom stereocenters. The monoisotopic (exact) mass is 515 g/mol. The van der Waals surface area contributed by atoms with E-state index in [1.807, 2.05) is 19.1 Å². The number of aliphatic carboxylic acids is 1. The van der Waals surface area contributed by atoms with E-state index in [0.29, 0.717) is 44.8 Å². The molecule has 0 amide bonds. The van der Waals surface area contributed by atoms with E-state index < -0.39 is 5.97 Å². The zero-order valence-corrected chi connectivity index (χ0v) is 20.3. The molecule has 34 heavy (non-hydrogen) atoms. The smallest absolute Gasteiger partial charge is 0.342 e. The summed E-state index contributed by atoms with van der Waals surface area (Å²) in [6.07, 6.45) is 1.53. The summed E-state index contributed by atoms with van der Waals surface area (Å²) in [7, 11) is 0. The molecular weight excluding hydrogens is 497 g/mol. The number of para-hydroxylation sites is 2. The second-order valence-electron chi connectivity index (χ2n) is 7.03. The number of ether oxygens (including phenoxy) is 2. The number of carbonyl (C=O) groups is 1. The van der Waals surface area contributed by atoms with E-state index in [1.54, 1.807) is 48.5 Å². The van der Waals surface area contributed by atoms with Gasteiger partial charge in [0, 0.05) is 15.6 Å². The Kier molecular flexibility index (Phi) is 7.67. The van der Waals surface area contributed by atoms with Crippen LogP contribution in [0.4, 0.5) is 0 Å². The summed E-state index contributed by atoms with van der Waals surface area (Å²) in [5.74, 6) is -0.102. The predicted octanol–water partition coefficient (Wildman–Crippen LogP) is 7.33. The summed E-state index contributed by atoms with van der Waals surface area (Å²) < 4.78 is 17.3. The van der Waals surface area contributed by atoms with Crippen LogP contribution in [0.1, 0.15) is 18.1 Å². The highest BCUT2D eigenvalue weighted by Gasteiger charge is 2.16. The van der Waals surface area contributed by atoms with Gasteiger partial charge in [-0.05, 0) is 66.7 Å². The van der Waals surface area contributed by atoms with Crippen LogP contribution in [-0.2, 0) is 11.4 Å². The Morgan fingerprint density at radius 2 is 1.91 bits per heavy atom. The maximum absolute atomic E-state index is 11.9. The summed E-state index contributed by atoms with van der Waals surface area (Å²) >= 11 is 13.1. The van der Waals surface area contributed by atoms with Crippen molar-refractivity contribution in [2.75, 3.05) is 6.61 Å². The third-order valence-corrected chi connectivity index (χ3v) is 6.09. The third kappa shape index (κ3) is 5.86. The zero-order valence-electron chi connectivity index (χ0n) is 18.0. The standard InChI is InChI=1S/C25H19Cl2NO5S/c1-2-31-22-11-15(7-10-21(22)32-14-16-8-9-17(26)13-18(16)27)12-23(24(29)30)34-25-28-19-5-3-4-6-20(19)33-25/h3-13H,2,14H2,1H3,(H,29,30)/b23-12-. The minimum atomic E-state index is -1.09. The number of fused-ring (bicyclic) bond motifs is 1. The van der Waals surface area contributed by atoms with Crippen LogP contribution in [0, 0.1) is 0 Å². The van der Waals surface area contributed by atoms with Gasteiger partial charge in [-0.1, -0.05) is 47.5 Å². The maximum Gasteiger partial charge on any atom is 0.342 e. The quantitative estimate of drug-likeness (QED) is 0.184. The van der Waals surface area contributed by atoms with Crippen LogP contribution >= 0.6 is 35.0 Å². The summed E-state index contributed by atoms with van der Waals surface area (Å²) in [6.45, 7) is 2.49. The molecule has 0 fully saturated rings. The molecular formula is C25H19Cl2NO5S. The van der Waals surface area contributed by atoms with Crippen LogP contribution in [0.2, 0.25) is 10.0 Å². The van der Waals surface area contributed by atoms with Crippen molar-refractivity contribution in [3.8, 4) is 11.5 Å². The van der Waals surface area contributed by atoms with Gasteiger partial charge in [-0.2, -0.15) is 0 Å². The van der Waals surface area contributed by atoms with Crippen LogP contribution in [-0.4, -0.2) is 22.7 Å². The van der Waals surface area contributed by atoms with Crippen molar-refractivity contribution in [3.05, 3.63) is 86.7 Å². The van der Waals surface area contributed by atoms with Crippen molar-refractivity contribution in [3.63, 3.8) is 0 Å². The lowest BCUT2D eigenvalue weighted by atomic mass is 10.2. The number of thioether (sulfide) groups is 1. The van der Waals surface area contributed by atoms with Crippen LogP contribution in [0.3, 0.4) is 0 Å². The molecule has 0 aliphatic rings. The molecule has 1 N–H and O–H groups in total. The van der Waals surface area contributed by atoms with Gasteiger partial charge >= 0.3 is 5.97 Å². The maximum atomic E-state index is 11.9. The molecule has 0 aliphatic carbocycles. The topological polar surface area (TPSA) is 81.8 Å². The molecule has 9 heteroatoms. The van der Waals surface area contributed by atoms with E-state index in [-0.39, 0.29) is 16.7 Å². The van der Waals surface area contributed by atoms with Crippen LogP contribution in [0.5, 0.6) is 11.5 Å². The number of hydrogen-bond acceptors (Lipinski definition) is 6. The predicted molar refractivity (Wildman–Crippen MR) is 134 cm³/mol. The van der Waals surface area contributed by atoms with Crippen molar-refractivity contribution in [1.82, 2.24) is 4.98 Å². The van der Waals surface area contributed by atoms with Crippen LogP contribution < -0.4 is 9.47 Å². The minimum Gasteiger partial charge on any atom is -0.490 e. The lowest BCUT2D eigenvalue weighted by Gasteiger charge is -2.13. The summed E-state index contributed by atoms with van der Waals surface area (Å²) in [5.41, 5.74) is 2.66. The number of oxazole rings is 1. The number of carboxylic acid groups (broad SMARTS) is 1. The van der Waals surface area contributed by atoms with Gasteiger partial charge in [0.05, 0.1) is 6.61 Å². The van der Waals surface area contributed by atoms with Gasteiger partial charge in [0.15, 0.2) is 17.1 Å². The van der Waals surface area contributed by atoms with Crippen molar-refractivity contribution >= 4 is 58.1 Å². The van der Waals surface area contributed by atoms with E-state index in [2.05, 4.69) is 4.98 Å². The average Bonchev–Trinajstić information content (AvgIpc) is 3.22. The van der Waals surface area contributed by atoms with Gasteiger partial charge in [-0.25, -0.2) is 9.78 Å². The summed E-state index contributed by atoms with van der Waals surface area (Å²) in [4.78, 5) is 16.3. The second-order valence-corrected chi connectivity index (χ2v) is 8.86. The highest BCUT2D eigenvalue weighted by atomic mass is 35.5. The molecule has 4 rings (SSSR count). The van der Waals surface area contributed by atoms with Crippen molar-refractivity contribution in [2.24, 2.45) is 0 Å². The van der Waals surface area contributed by atoms with E-state index >= 15 is 0 Å². The first kappa shape index (κ1) is 24.0. The molecule has 0 radical (unpaired) electrons. The highest BCUT2D eigenvalue weighted by Crippen LogP contribution is 2.34. The Morgan fingerprint density at radius 1 is 1.09 bits per heavy atom. The average molecular weight is 516 g/mol. The highest BCUT2D eigenvalue weighted by molar-refractivity contribution is 8.03. The zero-order chi connectivity index (χ0) is 24.1. The first-order chi connectivity index (χ1) is 16.4. The molecule has 0 aliphatic heterocycles. The molecule has 174 valence electrons. The molecule has 0 saturated heterocycles. The largest absolute Gasteiger partial charge is 0.490 e. The Bertz CT molecular complexity index is 1340. The Hall–Kier alpha value is -3.13. The molecule has 6 nitrogen and oxygen atoms in total. The van der Waals surface area contributed by atoms with Gasteiger partial charge < -0.3 is 19.0 Å². The summed E-state index contributed by atoms with van der Waals surface area (Å²) in [5, 5.41) is 11.0. The number of aromatic nitrogens is 1. The Labute approximate surface area is 210 Å². The van der Waals surface area contributed by atoms with E-state index in [9.17, 15) is 9.90 Å². The molecule has 0 unspecified atom stereocenters. The fraction of sp³-hybridized carbons (Fsp3) is 0.120. The molecule has 1 aromatic heterocycles. The Balaban J connectivity index is 1.56. The van der Waals surface area contributed by atoms with Crippen LogP contribution in [0.25, 0.3) is 17.2 Å². The number of hydrogen-bond donors (Lipinski definition) is 1. The number of nitrogens with zero attached hydrogens (tertiary/aromatic N) is 1. The van der Waals surface area contributed by atoms with E-state index in [0.717, 1.165) is 17.3 Å². The molecule has 0 bridgehead atoms. The van der Waals surface area contributed by atoms with Gasteiger partial charge in [0.2, 0.25) is 0 Å². The number of carboxylic acids is 1. The molecule has 0 saturated carbocycles. The first-order valence-corrected chi connectivity index (χ1v) is 11.8. The molecule has 0 spiro atoms. The fourth-order valence-corrected chi connectivity index (χ4v) is 4.28. The number of rotatable bonds is 9. The van der Waals surface area contributed by atoms with Crippen molar-refractivity contribution in [2.45, 2.75) is 18.8 Å². The lowest BCUT2D eigenvalue weighted by molar-refractivity contribution is -0.131. The lowest BCUT2D eigenvalue weighted by Crippen LogP contribution is -2.01. The molecule has 4 aromatic rings. The summed E-state index contributed by atoms with van der Waals surface area (Å²) in [6, 6.07) is 17.6. The minimum absolute atomic E-state index is 0.0515. The normalized spacial score (nSPS) is 11.6. The number of benzene rings is 3. The fourth-order valence-electron chi connectivity index (χ4n) is 3.07. The molecule has 1 heterocycles. The second kappa shape index (κ2) is 10.9. The van der Waals surface area contributed by atoms with Gasteiger partial charge in [-0.3, -0.25) is 0 Å². The first-order valence-electron chi connectivity index (χ1n) is 10.2. The number of halogens is 2. The van der Waals surface area contributed by atoms with Crippen molar-refractivity contribution < 1.29 is 23.8 Å². The van der Waals surface area contributed by atoms with E-state index in [4.69, 9.17) is 37.1 Å². The van der Waals surface area contributed by atoms with Gasteiger partial charge in [-0.15, -0.1) is 0 Å².